The van der Waals surface area contributed by atoms with Crippen molar-refractivity contribution < 1.29 is 4.79 Å². The Morgan fingerprint density at radius 2 is 2.17 bits per heavy atom. The smallest absolute Gasteiger partial charge is 0.325 e. The number of carbonyl (C=O) groups is 1. The lowest BCUT2D eigenvalue weighted by Crippen LogP contribution is -2.23. The van der Waals surface area contributed by atoms with E-state index in [-0.39, 0.29) is 22.9 Å². The van der Waals surface area contributed by atoms with E-state index >= 15 is 0 Å². The molecule has 2 N–H and O–H groups in total. The summed E-state index contributed by atoms with van der Waals surface area (Å²) in [6.07, 6.45) is 5.42. The number of aryl methyl sites for hydroxylation is 2. The van der Waals surface area contributed by atoms with Crippen molar-refractivity contribution in [3.8, 4) is 0 Å². The van der Waals surface area contributed by atoms with Crippen molar-refractivity contribution in [2.45, 2.75) is 55.5 Å². The van der Waals surface area contributed by atoms with Gasteiger partial charge < -0.3 is 5.32 Å². The SMILES string of the molecule is C[C@@H](Sc1n[nH]c(=O)n1C1CC1)C(=O)Nc1ccc2c(c1)CCC2. The Bertz CT molecular complexity index is 837. The second-order valence-electron chi connectivity index (χ2n) is 6.50. The van der Waals surface area contributed by atoms with Crippen LogP contribution in [0.3, 0.4) is 0 Å². The van der Waals surface area contributed by atoms with Gasteiger partial charge in [0.2, 0.25) is 5.91 Å². The third kappa shape index (κ3) is 3.00. The molecule has 2 aliphatic rings. The molecule has 1 fully saturated rings. The van der Waals surface area contributed by atoms with Crippen LogP contribution in [0.4, 0.5) is 5.69 Å². The second-order valence-corrected chi connectivity index (χ2v) is 7.81. The van der Waals surface area contributed by atoms with Gasteiger partial charge in [0, 0.05) is 11.7 Å². The number of hydrogen-bond acceptors (Lipinski definition) is 4. The van der Waals surface area contributed by atoms with Gasteiger partial charge in [-0.15, -0.1) is 5.10 Å². The molecule has 1 aromatic carbocycles. The highest BCUT2D eigenvalue weighted by molar-refractivity contribution is 8.00. The lowest BCUT2D eigenvalue weighted by atomic mass is 10.1. The highest BCUT2D eigenvalue weighted by Gasteiger charge is 2.30. The van der Waals surface area contributed by atoms with Crippen LogP contribution in [-0.2, 0) is 17.6 Å². The summed E-state index contributed by atoms with van der Waals surface area (Å²) >= 11 is 1.32. The molecule has 2 aliphatic carbocycles. The van der Waals surface area contributed by atoms with Crippen LogP contribution in [-0.4, -0.2) is 25.9 Å². The van der Waals surface area contributed by atoms with Gasteiger partial charge in [0.1, 0.15) is 0 Å². The first kappa shape index (κ1) is 15.5. The van der Waals surface area contributed by atoms with Crippen LogP contribution in [0, 0.1) is 0 Å². The van der Waals surface area contributed by atoms with Crippen molar-refractivity contribution in [2.75, 3.05) is 5.32 Å². The third-order valence-corrected chi connectivity index (χ3v) is 5.67. The van der Waals surface area contributed by atoms with Gasteiger partial charge in [-0.3, -0.25) is 9.36 Å². The number of H-pyrrole nitrogens is 1. The Balaban J connectivity index is 1.44. The lowest BCUT2D eigenvalue weighted by molar-refractivity contribution is -0.115. The fourth-order valence-corrected chi connectivity index (χ4v) is 4.06. The Labute approximate surface area is 144 Å². The van der Waals surface area contributed by atoms with Crippen molar-refractivity contribution in [1.82, 2.24) is 14.8 Å². The molecule has 0 bridgehead atoms. The number of rotatable bonds is 5. The number of fused-ring (bicyclic) bond motifs is 1. The van der Waals surface area contributed by atoms with E-state index in [1.54, 1.807) is 4.57 Å². The summed E-state index contributed by atoms with van der Waals surface area (Å²) in [5.41, 5.74) is 3.38. The van der Waals surface area contributed by atoms with E-state index in [1.165, 1.54) is 29.3 Å². The average Bonchev–Trinajstić information content (AvgIpc) is 3.17. The van der Waals surface area contributed by atoms with E-state index in [0.29, 0.717) is 5.16 Å². The number of nitrogens with zero attached hydrogens (tertiary/aromatic N) is 2. The van der Waals surface area contributed by atoms with E-state index < -0.39 is 0 Å². The number of carbonyl (C=O) groups excluding carboxylic acids is 1. The summed E-state index contributed by atoms with van der Waals surface area (Å²) in [5, 5.41) is 9.79. The number of aromatic nitrogens is 3. The molecule has 1 atom stereocenters. The first-order valence-electron chi connectivity index (χ1n) is 8.38. The second kappa shape index (κ2) is 6.12. The molecule has 0 aliphatic heterocycles. The maximum Gasteiger partial charge on any atom is 0.344 e. The van der Waals surface area contributed by atoms with Gasteiger partial charge >= 0.3 is 5.69 Å². The molecule has 24 heavy (non-hydrogen) atoms. The molecule has 1 aromatic heterocycles. The number of nitrogens with one attached hydrogen (secondary N) is 2. The van der Waals surface area contributed by atoms with Crippen molar-refractivity contribution >= 4 is 23.4 Å². The maximum absolute atomic E-state index is 12.5. The molecule has 126 valence electrons. The Morgan fingerprint density at radius 3 is 2.96 bits per heavy atom. The van der Waals surface area contributed by atoms with Crippen LogP contribution in [0.5, 0.6) is 0 Å². The van der Waals surface area contributed by atoms with E-state index in [9.17, 15) is 9.59 Å². The van der Waals surface area contributed by atoms with Crippen LogP contribution in [0.1, 0.15) is 43.4 Å². The van der Waals surface area contributed by atoms with Crippen molar-refractivity contribution in [1.29, 1.82) is 0 Å². The lowest BCUT2D eigenvalue weighted by Gasteiger charge is -2.13. The minimum atomic E-state index is -0.328. The van der Waals surface area contributed by atoms with Crippen LogP contribution in [0.15, 0.2) is 28.2 Å². The topological polar surface area (TPSA) is 79.8 Å². The number of aromatic amines is 1. The van der Waals surface area contributed by atoms with Crippen LogP contribution < -0.4 is 11.0 Å². The molecule has 4 rings (SSSR count). The Kier molecular flexibility index (Phi) is 3.96. The number of thioether (sulfide) groups is 1. The Hall–Kier alpha value is -2.02. The van der Waals surface area contributed by atoms with Crippen LogP contribution >= 0.6 is 11.8 Å². The summed E-state index contributed by atoms with van der Waals surface area (Å²) in [7, 11) is 0. The highest BCUT2D eigenvalue weighted by Crippen LogP contribution is 2.36. The molecule has 2 aromatic rings. The quantitative estimate of drug-likeness (QED) is 0.817. The minimum absolute atomic E-state index is 0.0734. The molecule has 0 radical (unpaired) electrons. The summed E-state index contributed by atoms with van der Waals surface area (Å²) in [5.74, 6) is -0.0734. The number of benzene rings is 1. The van der Waals surface area contributed by atoms with Crippen molar-refractivity contribution in [2.24, 2.45) is 0 Å². The zero-order chi connectivity index (χ0) is 16.7. The number of hydrogen-bond donors (Lipinski definition) is 2. The summed E-state index contributed by atoms with van der Waals surface area (Å²) in [6, 6.07) is 6.39. The predicted octanol–water partition coefficient (Wildman–Crippen LogP) is 2.51. The largest absolute Gasteiger partial charge is 0.344 e. The van der Waals surface area contributed by atoms with E-state index in [1.807, 2.05) is 13.0 Å². The standard InChI is InChI=1S/C17H20N4O2S/c1-10(24-17-20-19-16(23)21(17)14-7-8-14)15(22)18-13-6-5-11-3-2-4-12(11)9-13/h5-6,9-10,14H,2-4,7-8H2,1H3,(H,18,22)(H,19,23)/t10-/m1/s1. The van der Waals surface area contributed by atoms with E-state index in [0.717, 1.165) is 31.4 Å². The van der Waals surface area contributed by atoms with Crippen molar-refractivity contribution in [3.63, 3.8) is 0 Å². The molecular weight excluding hydrogens is 324 g/mol. The number of amides is 1. The van der Waals surface area contributed by atoms with Gasteiger partial charge in [-0.05, 0) is 62.3 Å². The van der Waals surface area contributed by atoms with Crippen molar-refractivity contribution in [3.05, 3.63) is 39.8 Å². The molecule has 1 saturated carbocycles. The van der Waals surface area contributed by atoms with Gasteiger partial charge in [0.25, 0.3) is 0 Å². The van der Waals surface area contributed by atoms with E-state index in [2.05, 4.69) is 27.6 Å². The molecule has 7 heteroatoms. The minimum Gasteiger partial charge on any atom is -0.325 e. The fraction of sp³-hybridized carbons (Fsp3) is 0.471. The monoisotopic (exact) mass is 344 g/mol. The molecular formula is C17H20N4O2S. The van der Waals surface area contributed by atoms with Crippen LogP contribution in [0.2, 0.25) is 0 Å². The van der Waals surface area contributed by atoms with E-state index in [4.69, 9.17) is 0 Å². The van der Waals surface area contributed by atoms with Gasteiger partial charge in [0.05, 0.1) is 5.25 Å². The maximum atomic E-state index is 12.5. The van der Waals surface area contributed by atoms with Gasteiger partial charge in [-0.1, -0.05) is 17.8 Å². The number of anilines is 1. The van der Waals surface area contributed by atoms with Gasteiger partial charge in [0.15, 0.2) is 5.16 Å². The van der Waals surface area contributed by atoms with Gasteiger partial charge in [-0.2, -0.15) is 0 Å². The molecule has 1 amide bonds. The summed E-state index contributed by atoms with van der Waals surface area (Å²) < 4.78 is 1.67. The Morgan fingerprint density at radius 1 is 1.38 bits per heavy atom. The van der Waals surface area contributed by atoms with Crippen LogP contribution in [0.25, 0.3) is 0 Å². The third-order valence-electron chi connectivity index (χ3n) is 4.60. The zero-order valence-corrected chi connectivity index (χ0v) is 14.4. The summed E-state index contributed by atoms with van der Waals surface area (Å²) in [4.78, 5) is 24.3. The first-order valence-corrected chi connectivity index (χ1v) is 9.26. The molecule has 0 saturated heterocycles. The first-order chi connectivity index (χ1) is 11.6. The predicted molar refractivity (Wildman–Crippen MR) is 93.5 cm³/mol. The van der Waals surface area contributed by atoms with Gasteiger partial charge in [-0.25, -0.2) is 9.89 Å². The molecule has 0 spiro atoms. The normalized spacial score (nSPS) is 17.5. The zero-order valence-electron chi connectivity index (χ0n) is 13.5. The average molecular weight is 344 g/mol. The molecule has 1 heterocycles. The fourth-order valence-electron chi connectivity index (χ4n) is 3.13. The molecule has 0 unspecified atom stereocenters. The molecule has 6 nitrogen and oxygen atoms in total. The summed E-state index contributed by atoms with van der Waals surface area (Å²) in [6.45, 7) is 1.84. The highest BCUT2D eigenvalue weighted by atomic mass is 32.2.